The van der Waals surface area contributed by atoms with Gasteiger partial charge in [0.15, 0.2) is 0 Å². The second-order valence-corrected chi connectivity index (χ2v) is 5.40. The minimum Gasteiger partial charge on any atom is -0.384 e. The Labute approximate surface area is 138 Å². The molecule has 7 heteroatoms. The van der Waals surface area contributed by atoms with E-state index in [0.717, 1.165) is 16.8 Å². The summed E-state index contributed by atoms with van der Waals surface area (Å²) >= 11 is 0. The molecule has 0 bridgehead atoms. The molecule has 1 heterocycles. The van der Waals surface area contributed by atoms with Crippen LogP contribution in [0.4, 0.5) is 0 Å². The smallest absolute Gasteiger partial charge is 0.122 e. The third-order valence-electron chi connectivity index (χ3n) is 3.64. The Morgan fingerprint density at radius 2 is 1.42 bits per heavy atom. The molecule has 0 saturated carbocycles. The van der Waals surface area contributed by atoms with E-state index in [2.05, 4.69) is 10.3 Å². The van der Waals surface area contributed by atoms with Gasteiger partial charge < -0.3 is 11.5 Å². The van der Waals surface area contributed by atoms with Crippen molar-refractivity contribution in [2.75, 3.05) is 0 Å². The number of amidine groups is 2. The Balaban J connectivity index is 1.75. The summed E-state index contributed by atoms with van der Waals surface area (Å²) in [5, 5.41) is 23.1. The van der Waals surface area contributed by atoms with Crippen molar-refractivity contribution in [3.63, 3.8) is 0 Å². The van der Waals surface area contributed by atoms with Gasteiger partial charge in [-0.2, -0.15) is 0 Å². The fraction of sp³-hybridized carbons (Fsp3) is 0.0588. The molecule has 6 N–H and O–H groups in total. The second-order valence-electron chi connectivity index (χ2n) is 5.40. The molecule has 0 amide bonds. The van der Waals surface area contributed by atoms with Crippen molar-refractivity contribution in [2.45, 2.75) is 6.54 Å². The highest BCUT2D eigenvalue weighted by Crippen LogP contribution is 2.17. The standard InChI is InChI=1S/C17H17N7/c18-16(19)13-3-1-11(2-4-13)9-24-10-15(22-23-24)12-5-7-14(8-6-12)17(20)21/h1-8,10H,9H2,(H3,18,19)(H3,20,21). The van der Waals surface area contributed by atoms with Gasteiger partial charge in [-0.1, -0.05) is 53.7 Å². The number of rotatable bonds is 5. The number of nitrogen functional groups attached to an aromatic ring is 2. The van der Waals surface area contributed by atoms with Crippen LogP contribution in [0.25, 0.3) is 11.3 Å². The minimum absolute atomic E-state index is 0.0409. The number of nitrogens with two attached hydrogens (primary N) is 2. The Hall–Kier alpha value is -3.48. The van der Waals surface area contributed by atoms with Crippen molar-refractivity contribution in [3.05, 3.63) is 71.4 Å². The van der Waals surface area contributed by atoms with Gasteiger partial charge in [0.1, 0.15) is 17.4 Å². The molecule has 1 aromatic heterocycles. The van der Waals surface area contributed by atoms with E-state index in [-0.39, 0.29) is 11.7 Å². The quantitative estimate of drug-likeness (QED) is 0.420. The zero-order valence-corrected chi connectivity index (χ0v) is 12.9. The molecule has 0 unspecified atom stereocenters. The number of hydrogen-bond donors (Lipinski definition) is 4. The minimum atomic E-state index is 0.0409. The lowest BCUT2D eigenvalue weighted by Gasteiger charge is -2.03. The van der Waals surface area contributed by atoms with Gasteiger partial charge in [0.05, 0.1) is 12.7 Å². The van der Waals surface area contributed by atoms with Crippen LogP contribution < -0.4 is 11.5 Å². The van der Waals surface area contributed by atoms with Gasteiger partial charge in [0, 0.05) is 16.7 Å². The van der Waals surface area contributed by atoms with E-state index in [9.17, 15) is 0 Å². The van der Waals surface area contributed by atoms with Crippen LogP contribution in [0.2, 0.25) is 0 Å². The summed E-state index contributed by atoms with van der Waals surface area (Å²) in [6, 6.07) is 14.8. The highest BCUT2D eigenvalue weighted by atomic mass is 15.4. The SMILES string of the molecule is N=C(N)c1ccc(Cn2cc(-c3ccc(C(=N)N)cc3)nn2)cc1. The van der Waals surface area contributed by atoms with E-state index in [4.69, 9.17) is 22.3 Å². The first-order valence-electron chi connectivity index (χ1n) is 7.31. The van der Waals surface area contributed by atoms with Gasteiger partial charge in [0.25, 0.3) is 0 Å². The molecule has 0 spiro atoms. The average molecular weight is 319 g/mol. The molecule has 2 aromatic carbocycles. The Morgan fingerprint density at radius 1 is 0.875 bits per heavy atom. The molecule has 120 valence electrons. The lowest BCUT2D eigenvalue weighted by molar-refractivity contribution is 0.650. The van der Waals surface area contributed by atoms with Crippen LogP contribution >= 0.6 is 0 Å². The molecule has 0 saturated heterocycles. The maximum atomic E-state index is 7.41. The molecule has 3 rings (SSSR count). The lowest BCUT2D eigenvalue weighted by Crippen LogP contribution is -2.11. The first-order chi connectivity index (χ1) is 11.5. The van der Waals surface area contributed by atoms with Crippen molar-refractivity contribution < 1.29 is 0 Å². The van der Waals surface area contributed by atoms with Gasteiger partial charge in [-0.25, -0.2) is 4.68 Å². The number of hydrogen-bond acceptors (Lipinski definition) is 4. The predicted octanol–water partition coefficient (Wildman–Crippen LogP) is 1.56. The highest BCUT2D eigenvalue weighted by Gasteiger charge is 2.06. The second kappa shape index (κ2) is 6.33. The molecule has 0 radical (unpaired) electrons. The molecule has 0 aliphatic rings. The molecule has 0 fully saturated rings. The third kappa shape index (κ3) is 3.30. The first kappa shape index (κ1) is 15.4. The van der Waals surface area contributed by atoms with Crippen molar-refractivity contribution in [1.29, 1.82) is 10.8 Å². The molecule has 0 aliphatic heterocycles. The monoisotopic (exact) mass is 319 g/mol. The number of nitrogens with zero attached hydrogens (tertiary/aromatic N) is 3. The van der Waals surface area contributed by atoms with E-state index in [1.165, 1.54) is 0 Å². The van der Waals surface area contributed by atoms with Crippen LogP contribution in [0, 0.1) is 10.8 Å². The summed E-state index contributed by atoms with van der Waals surface area (Å²) in [4.78, 5) is 0. The van der Waals surface area contributed by atoms with E-state index in [1.54, 1.807) is 16.8 Å². The van der Waals surface area contributed by atoms with Crippen molar-refractivity contribution in [3.8, 4) is 11.3 Å². The van der Waals surface area contributed by atoms with E-state index >= 15 is 0 Å². The average Bonchev–Trinajstić information content (AvgIpc) is 3.04. The van der Waals surface area contributed by atoms with Gasteiger partial charge in [-0.15, -0.1) is 5.10 Å². The molecular weight excluding hydrogens is 302 g/mol. The van der Waals surface area contributed by atoms with E-state index in [0.29, 0.717) is 17.7 Å². The Bertz CT molecular complexity index is 876. The van der Waals surface area contributed by atoms with Gasteiger partial charge >= 0.3 is 0 Å². The lowest BCUT2D eigenvalue weighted by atomic mass is 10.1. The Kier molecular flexibility index (Phi) is 4.07. The van der Waals surface area contributed by atoms with Crippen LogP contribution in [0.15, 0.2) is 54.7 Å². The summed E-state index contributed by atoms with van der Waals surface area (Å²) in [7, 11) is 0. The summed E-state index contributed by atoms with van der Waals surface area (Å²) in [5.74, 6) is 0.0952. The maximum absolute atomic E-state index is 7.41. The normalized spacial score (nSPS) is 10.5. The number of aromatic nitrogens is 3. The van der Waals surface area contributed by atoms with Crippen molar-refractivity contribution in [2.24, 2.45) is 11.5 Å². The largest absolute Gasteiger partial charge is 0.384 e. The zero-order chi connectivity index (χ0) is 17.1. The molecule has 0 aliphatic carbocycles. The maximum Gasteiger partial charge on any atom is 0.122 e. The molecule has 7 nitrogen and oxygen atoms in total. The molecule has 3 aromatic rings. The summed E-state index contributed by atoms with van der Waals surface area (Å²) < 4.78 is 1.75. The van der Waals surface area contributed by atoms with Crippen LogP contribution in [-0.2, 0) is 6.54 Å². The van der Waals surface area contributed by atoms with Gasteiger partial charge in [0.2, 0.25) is 0 Å². The highest BCUT2D eigenvalue weighted by molar-refractivity contribution is 5.95. The molecule has 0 atom stereocenters. The fourth-order valence-corrected chi connectivity index (χ4v) is 2.31. The van der Waals surface area contributed by atoms with E-state index in [1.807, 2.05) is 42.6 Å². The summed E-state index contributed by atoms with van der Waals surface area (Å²) in [6.45, 7) is 0.580. The van der Waals surface area contributed by atoms with Gasteiger partial charge in [-0.3, -0.25) is 10.8 Å². The zero-order valence-electron chi connectivity index (χ0n) is 12.9. The predicted molar refractivity (Wildman–Crippen MR) is 93.0 cm³/mol. The van der Waals surface area contributed by atoms with Crippen LogP contribution in [0.3, 0.4) is 0 Å². The Morgan fingerprint density at radius 3 is 1.96 bits per heavy atom. The molecule has 24 heavy (non-hydrogen) atoms. The molecular formula is C17H17N7. The van der Waals surface area contributed by atoms with Crippen LogP contribution in [0.1, 0.15) is 16.7 Å². The number of nitrogens with one attached hydrogen (secondary N) is 2. The fourth-order valence-electron chi connectivity index (χ4n) is 2.31. The first-order valence-corrected chi connectivity index (χ1v) is 7.31. The van der Waals surface area contributed by atoms with Crippen LogP contribution in [0.5, 0.6) is 0 Å². The summed E-state index contributed by atoms with van der Waals surface area (Å²) in [6.07, 6.45) is 1.86. The van der Waals surface area contributed by atoms with Crippen molar-refractivity contribution in [1.82, 2.24) is 15.0 Å². The third-order valence-corrected chi connectivity index (χ3v) is 3.64. The van der Waals surface area contributed by atoms with Crippen molar-refractivity contribution >= 4 is 11.7 Å². The van der Waals surface area contributed by atoms with Crippen LogP contribution in [-0.4, -0.2) is 26.7 Å². The topological polar surface area (TPSA) is 130 Å². The van der Waals surface area contributed by atoms with Gasteiger partial charge in [-0.05, 0) is 5.56 Å². The number of benzene rings is 2. The van der Waals surface area contributed by atoms with E-state index < -0.39 is 0 Å². The summed E-state index contributed by atoms with van der Waals surface area (Å²) in [5.41, 5.74) is 15.0.